The first-order chi connectivity index (χ1) is 10.3. The summed E-state index contributed by atoms with van der Waals surface area (Å²) in [5.74, 6) is 1.71. The maximum Gasteiger partial charge on any atom is 0.161 e. The quantitative estimate of drug-likeness (QED) is 0.857. The van der Waals surface area contributed by atoms with Crippen LogP contribution in [0.4, 0.5) is 0 Å². The van der Waals surface area contributed by atoms with Gasteiger partial charge in [-0.3, -0.25) is 4.98 Å². The first-order valence-electron chi connectivity index (χ1n) is 7.31. The van der Waals surface area contributed by atoms with Crippen molar-refractivity contribution >= 4 is 0 Å². The minimum Gasteiger partial charge on any atom is -0.486 e. The molecule has 0 bridgehead atoms. The second kappa shape index (κ2) is 6.59. The summed E-state index contributed by atoms with van der Waals surface area (Å²) in [6.45, 7) is 5.16. The Morgan fingerprint density at radius 1 is 1.14 bits per heavy atom. The van der Waals surface area contributed by atoms with Crippen LogP contribution in [0.15, 0.2) is 36.7 Å². The highest BCUT2D eigenvalue weighted by molar-refractivity contribution is 5.43. The summed E-state index contributed by atoms with van der Waals surface area (Å²) >= 11 is 0. The Balaban J connectivity index is 1.50. The molecule has 0 radical (unpaired) electrons. The zero-order chi connectivity index (χ0) is 14.5. The van der Waals surface area contributed by atoms with Crippen LogP contribution in [-0.2, 0) is 13.0 Å². The second-order valence-electron chi connectivity index (χ2n) is 5.21. The highest BCUT2D eigenvalue weighted by Gasteiger charge is 2.11. The number of benzene rings is 1. The molecule has 21 heavy (non-hydrogen) atoms. The minimum absolute atomic E-state index is 0.634. The number of aromatic nitrogens is 1. The van der Waals surface area contributed by atoms with Crippen LogP contribution in [0, 0.1) is 6.92 Å². The normalized spacial score (nSPS) is 13.2. The molecule has 0 atom stereocenters. The van der Waals surface area contributed by atoms with E-state index in [9.17, 15) is 0 Å². The first-order valence-corrected chi connectivity index (χ1v) is 7.31. The molecule has 0 amide bonds. The van der Waals surface area contributed by atoms with E-state index >= 15 is 0 Å². The SMILES string of the molecule is Cc1ccncc1CNCCc1ccc2c(c1)OCCO2. The van der Waals surface area contributed by atoms with Crippen molar-refractivity contribution in [3.05, 3.63) is 53.3 Å². The molecule has 0 saturated heterocycles. The maximum absolute atomic E-state index is 5.60. The van der Waals surface area contributed by atoms with Gasteiger partial charge in [0, 0.05) is 18.9 Å². The topological polar surface area (TPSA) is 43.4 Å². The van der Waals surface area contributed by atoms with Gasteiger partial charge in [0.25, 0.3) is 0 Å². The summed E-state index contributed by atoms with van der Waals surface area (Å²) in [6.07, 6.45) is 4.72. The predicted molar refractivity (Wildman–Crippen MR) is 81.8 cm³/mol. The van der Waals surface area contributed by atoms with E-state index < -0.39 is 0 Å². The Kier molecular flexibility index (Phi) is 4.36. The monoisotopic (exact) mass is 284 g/mol. The van der Waals surface area contributed by atoms with Crippen molar-refractivity contribution < 1.29 is 9.47 Å². The van der Waals surface area contributed by atoms with Crippen molar-refractivity contribution in [3.63, 3.8) is 0 Å². The zero-order valence-electron chi connectivity index (χ0n) is 12.3. The molecule has 4 heteroatoms. The van der Waals surface area contributed by atoms with Gasteiger partial charge in [-0.25, -0.2) is 0 Å². The van der Waals surface area contributed by atoms with Crippen molar-refractivity contribution in [2.24, 2.45) is 0 Å². The van der Waals surface area contributed by atoms with Crippen LogP contribution in [0.2, 0.25) is 0 Å². The van der Waals surface area contributed by atoms with Crippen molar-refractivity contribution in [2.75, 3.05) is 19.8 Å². The molecule has 110 valence electrons. The number of aryl methyl sites for hydroxylation is 1. The lowest BCUT2D eigenvalue weighted by atomic mass is 10.1. The molecule has 1 aromatic heterocycles. The molecule has 1 aliphatic heterocycles. The molecule has 0 saturated carbocycles. The maximum atomic E-state index is 5.60. The minimum atomic E-state index is 0.634. The Hall–Kier alpha value is -2.07. The third-order valence-electron chi connectivity index (χ3n) is 3.66. The van der Waals surface area contributed by atoms with Gasteiger partial charge in [0.05, 0.1) is 0 Å². The third-order valence-corrected chi connectivity index (χ3v) is 3.66. The van der Waals surface area contributed by atoms with Crippen LogP contribution in [0.25, 0.3) is 0 Å². The fourth-order valence-electron chi connectivity index (χ4n) is 2.38. The molecule has 1 aliphatic rings. The van der Waals surface area contributed by atoms with E-state index in [4.69, 9.17) is 9.47 Å². The summed E-state index contributed by atoms with van der Waals surface area (Å²) < 4.78 is 11.1. The van der Waals surface area contributed by atoms with Gasteiger partial charge in [-0.15, -0.1) is 0 Å². The number of nitrogens with one attached hydrogen (secondary N) is 1. The van der Waals surface area contributed by atoms with E-state index in [1.807, 2.05) is 24.5 Å². The van der Waals surface area contributed by atoms with Crippen LogP contribution < -0.4 is 14.8 Å². The van der Waals surface area contributed by atoms with Gasteiger partial charge in [-0.05, 0) is 54.8 Å². The van der Waals surface area contributed by atoms with Crippen molar-refractivity contribution in [1.82, 2.24) is 10.3 Å². The highest BCUT2D eigenvalue weighted by atomic mass is 16.6. The molecule has 0 aliphatic carbocycles. The van der Waals surface area contributed by atoms with Crippen LogP contribution in [0.5, 0.6) is 11.5 Å². The fourth-order valence-corrected chi connectivity index (χ4v) is 2.38. The Labute approximate surface area is 125 Å². The fraction of sp³-hybridized carbons (Fsp3) is 0.353. The lowest BCUT2D eigenvalue weighted by Gasteiger charge is -2.18. The molecule has 2 aromatic rings. The van der Waals surface area contributed by atoms with Crippen LogP contribution in [-0.4, -0.2) is 24.7 Å². The molecular weight excluding hydrogens is 264 g/mol. The number of hydrogen-bond donors (Lipinski definition) is 1. The molecule has 2 heterocycles. The van der Waals surface area contributed by atoms with Gasteiger partial charge in [0.1, 0.15) is 13.2 Å². The van der Waals surface area contributed by atoms with E-state index in [1.54, 1.807) is 0 Å². The third kappa shape index (κ3) is 3.52. The van der Waals surface area contributed by atoms with Crippen molar-refractivity contribution in [2.45, 2.75) is 19.9 Å². The summed E-state index contributed by atoms with van der Waals surface area (Å²) in [5, 5.41) is 3.46. The average Bonchev–Trinajstić information content (AvgIpc) is 2.53. The molecular formula is C17H20N2O2. The van der Waals surface area contributed by atoms with Gasteiger partial charge in [-0.1, -0.05) is 6.07 Å². The number of rotatable bonds is 5. The lowest BCUT2D eigenvalue weighted by Crippen LogP contribution is -2.18. The number of fused-ring (bicyclic) bond motifs is 1. The largest absolute Gasteiger partial charge is 0.486 e. The standard InChI is InChI=1S/C17H20N2O2/c1-13-4-6-18-11-15(13)12-19-7-5-14-2-3-16-17(10-14)21-9-8-20-16/h2-4,6,10-11,19H,5,7-9,12H2,1H3. The molecule has 1 N–H and O–H groups in total. The van der Waals surface area contributed by atoms with E-state index in [0.29, 0.717) is 13.2 Å². The van der Waals surface area contributed by atoms with Gasteiger partial charge in [0.15, 0.2) is 11.5 Å². The van der Waals surface area contributed by atoms with Gasteiger partial charge < -0.3 is 14.8 Å². The van der Waals surface area contributed by atoms with E-state index in [1.165, 1.54) is 16.7 Å². The number of nitrogens with zero attached hydrogens (tertiary/aromatic N) is 1. The van der Waals surface area contributed by atoms with Gasteiger partial charge >= 0.3 is 0 Å². The van der Waals surface area contributed by atoms with Crippen molar-refractivity contribution in [1.29, 1.82) is 0 Å². The molecule has 4 nitrogen and oxygen atoms in total. The lowest BCUT2D eigenvalue weighted by molar-refractivity contribution is 0.171. The smallest absolute Gasteiger partial charge is 0.161 e. The molecule has 1 aromatic carbocycles. The van der Waals surface area contributed by atoms with Gasteiger partial charge in [-0.2, -0.15) is 0 Å². The van der Waals surface area contributed by atoms with Crippen molar-refractivity contribution in [3.8, 4) is 11.5 Å². The molecule has 0 fully saturated rings. The van der Waals surface area contributed by atoms with E-state index in [-0.39, 0.29) is 0 Å². The van der Waals surface area contributed by atoms with Crippen LogP contribution in [0.3, 0.4) is 0 Å². The van der Waals surface area contributed by atoms with Crippen LogP contribution in [0.1, 0.15) is 16.7 Å². The second-order valence-corrected chi connectivity index (χ2v) is 5.21. The Morgan fingerprint density at radius 2 is 2.00 bits per heavy atom. The summed E-state index contributed by atoms with van der Waals surface area (Å²) in [5.41, 5.74) is 3.78. The molecule has 3 rings (SSSR count). The van der Waals surface area contributed by atoms with E-state index in [2.05, 4.69) is 29.4 Å². The number of hydrogen-bond acceptors (Lipinski definition) is 4. The van der Waals surface area contributed by atoms with Crippen LogP contribution >= 0.6 is 0 Å². The highest BCUT2D eigenvalue weighted by Crippen LogP contribution is 2.30. The predicted octanol–water partition coefficient (Wildman–Crippen LogP) is 2.49. The summed E-state index contributed by atoms with van der Waals surface area (Å²) in [6, 6.07) is 8.21. The first kappa shape index (κ1) is 13.9. The summed E-state index contributed by atoms with van der Waals surface area (Å²) in [7, 11) is 0. The number of pyridine rings is 1. The Morgan fingerprint density at radius 3 is 2.86 bits per heavy atom. The zero-order valence-corrected chi connectivity index (χ0v) is 12.3. The summed E-state index contributed by atoms with van der Waals surface area (Å²) in [4.78, 5) is 4.16. The van der Waals surface area contributed by atoms with Gasteiger partial charge in [0.2, 0.25) is 0 Å². The Bertz CT molecular complexity index is 613. The molecule has 0 unspecified atom stereocenters. The number of ether oxygens (including phenoxy) is 2. The van der Waals surface area contributed by atoms with E-state index in [0.717, 1.165) is 31.0 Å². The average molecular weight is 284 g/mol. The molecule has 0 spiro atoms.